The maximum Gasteiger partial charge on any atom is 0.270 e. The fourth-order valence-corrected chi connectivity index (χ4v) is 1.22. The Morgan fingerprint density at radius 3 is 2.86 bits per heavy atom. The van der Waals surface area contributed by atoms with Gasteiger partial charge >= 0.3 is 0 Å². The van der Waals surface area contributed by atoms with E-state index in [4.69, 9.17) is 5.11 Å². The van der Waals surface area contributed by atoms with Crippen LogP contribution in [0.3, 0.4) is 0 Å². The van der Waals surface area contributed by atoms with Crippen molar-refractivity contribution in [3.8, 4) is 0 Å². The van der Waals surface area contributed by atoms with Crippen molar-refractivity contribution >= 4 is 5.91 Å². The maximum atomic E-state index is 11.6. The highest BCUT2D eigenvalue weighted by Crippen LogP contribution is 2.07. The largest absolute Gasteiger partial charge is 0.392 e. The highest BCUT2D eigenvalue weighted by Gasteiger charge is 2.16. The maximum absolute atomic E-state index is 11.6. The summed E-state index contributed by atoms with van der Waals surface area (Å²) in [6.07, 6.45) is 1.50. The fourth-order valence-electron chi connectivity index (χ4n) is 1.22. The molecule has 0 saturated carbocycles. The number of nitrogens with zero attached hydrogens (tertiary/aromatic N) is 2. The fraction of sp³-hybridized carbons (Fsp3) is 0.556. The van der Waals surface area contributed by atoms with Gasteiger partial charge in [0.1, 0.15) is 5.69 Å². The van der Waals surface area contributed by atoms with Gasteiger partial charge in [0, 0.05) is 18.7 Å². The van der Waals surface area contributed by atoms with Crippen LogP contribution in [-0.2, 0) is 13.7 Å². The lowest BCUT2D eigenvalue weighted by molar-refractivity contribution is 0.0930. The van der Waals surface area contributed by atoms with Gasteiger partial charge in [-0.05, 0) is 13.8 Å². The van der Waals surface area contributed by atoms with E-state index in [-0.39, 0.29) is 18.6 Å². The van der Waals surface area contributed by atoms with Gasteiger partial charge in [-0.15, -0.1) is 0 Å². The molecule has 5 nitrogen and oxygen atoms in total. The lowest BCUT2D eigenvalue weighted by atomic mass is 10.2. The molecule has 0 atom stereocenters. The second-order valence-corrected chi connectivity index (χ2v) is 3.43. The quantitative estimate of drug-likeness (QED) is 0.719. The van der Waals surface area contributed by atoms with Crippen LogP contribution in [0.25, 0.3) is 0 Å². The summed E-state index contributed by atoms with van der Waals surface area (Å²) in [5.41, 5.74) is 0.965. The molecule has 78 valence electrons. The number of rotatable bonds is 3. The van der Waals surface area contributed by atoms with Crippen LogP contribution in [0, 0.1) is 0 Å². The molecule has 0 aliphatic rings. The number of carbonyl (C=O) groups is 1. The third-order valence-electron chi connectivity index (χ3n) is 1.82. The number of aromatic nitrogens is 2. The van der Waals surface area contributed by atoms with Crippen LogP contribution in [0.5, 0.6) is 0 Å². The zero-order valence-corrected chi connectivity index (χ0v) is 8.61. The van der Waals surface area contributed by atoms with Gasteiger partial charge in [-0.1, -0.05) is 0 Å². The number of aryl methyl sites for hydroxylation is 1. The Morgan fingerprint density at radius 1 is 1.71 bits per heavy atom. The van der Waals surface area contributed by atoms with Crippen LogP contribution in [0.15, 0.2) is 6.20 Å². The molecule has 0 spiro atoms. The Hall–Kier alpha value is -1.36. The summed E-state index contributed by atoms with van der Waals surface area (Å²) >= 11 is 0. The topological polar surface area (TPSA) is 67.2 Å². The number of aliphatic hydroxyl groups is 1. The van der Waals surface area contributed by atoms with E-state index in [2.05, 4.69) is 10.4 Å². The van der Waals surface area contributed by atoms with Crippen LogP contribution >= 0.6 is 0 Å². The number of hydrogen-bond acceptors (Lipinski definition) is 3. The first kappa shape index (κ1) is 10.7. The van der Waals surface area contributed by atoms with Crippen LogP contribution in [-0.4, -0.2) is 26.8 Å². The Balaban J connectivity index is 2.93. The zero-order chi connectivity index (χ0) is 10.7. The van der Waals surface area contributed by atoms with E-state index in [1.165, 1.54) is 10.9 Å². The van der Waals surface area contributed by atoms with Crippen molar-refractivity contribution < 1.29 is 9.90 Å². The molecule has 0 radical (unpaired) electrons. The highest BCUT2D eigenvalue weighted by molar-refractivity contribution is 5.94. The minimum absolute atomic E-state index is 0.0731. The standard InChI is InChI=1S/C9H15N3O2/c1-6(2)11-9(14)8-7(5-13)4-10-12(8)3/h4,6,13H,5H2,1-3H3,(H,11,14). The van der Waals surface area contributed by atoms with E-state index >= 15 is 0 Å². The predicted molar refractivity (Wildman–Crippen MR) is 51.7 cm³/mol. The smallest absolute Gasteiger partial charge is 0.270 e. The average molecular weight is 197 g/mol. The molecule has 2 N–H and O–H groups in total. The number of nitrogens with one attached hydrogen (secondary N) is 1. The first-order chi connectivity index (χ1) is 6.56. The first-order valence-corrected chi connectivity index (χ1v) is 4.48. The monoisotopic (exact) mass is 197 g/mol. The summed E-state index contributed by atoms with van der Waals surface area (Å²) in [6.45, 7) is 3.59. The molecule has 14 heavy (non-hydrogen) atoms. The van der Waals surface area contributed by atoms with Crippen molar-refractivity contribution in [3.05, 3.63) is 17.5 Å². The van der Waals surface area contributed by atoms with E-state index in [1.54, 1.807) is 7.05 Å². The minimum Gasteiger partial charge on any atom is -0.392 e. The predicted octanol–water partition coefficient (Wildman–Crippen LogP) is 0.0506. The Labute approximate surface area is 82.7 Å². The lowest BCUT2D eigenvalue weighted by Gasteiger charge is -2.09. The molecular formula is C9H15N3O2. The third kappa shape index (κ3) is 2.11. The summed E-state index contributed by atoms with van der Waals surface area (Å²) in [5.74, 6) is -0.205. The van der Waals surface area contributed by atoms with E-state index < -0.39 is 0 Å². The van der Waals surface area contributed by atoms with Gasteiger partial charge in [0.2, 0.25) is 0 Å². The van der Waals surface area contributed by atoms with Crippen molar-refractivity contribution in [1.82, 2.24) is 15.1 Å². The summed E-state index contributed by atoms with van der Waals surface area (Å²) < 4.78 is 1.46. The second kappa shape index (κ2) is 4.23. The van der Waals surface area contributed by atoms with Gasteiger partial charge in [0.25, 0.3) is 5.91 Å². The van der Waals surface area contributed by atoms with E-state index in [0.29, 0.717) is 11.3 Å². The molecule has 0 unspecified atom stereocenters. The average Bonchev–Trinajstić information content (AvgIpc) is 2.45. The lowest BCUT2D eigenvalue weighted by Crippen LogP contribution is -2.32. The molecule has 0 saturated heterocycles. The molecule has 1 rings (SSSR count). The van der Waals surface area contributed by atoms with Crippen molar-refractivity contribution in [2.24, 2.45) is 7.05 Å². The van der Waals surface area contributed by atoms with Gasteiger partial charge < -0.3 is 10.4 Å². The summed E-state index contributed by atoms with van der Waals surface area (Å²) in [5, 5.41) is 15.6. The normalized spacial score (nSPS) is 10.6. The Bertz CT molecular complexity index is 331. The second-order valence-electron chi connectivity index (χ2n) is 3.43. The van der Waals surface area contributed by atoms with Crippen LogP contribution in [0.1, 0.15) is 29.9 Å². The molecule has 0 aromatic carbocycles. The third-order valence-corrected chi connectivity index (χ3v) is 1.82. The van der Waals surface area contributed by atoms with Gasteiger partial charge in [-0.2, -0.15) is 5.10 Å². The Morgan fingerprint density at radius 2 is 2.36 bits per heavy atom. The molecule has 1 amide bonds. The summed E-state index contributed by atoms with van der Waals surface area (Å²) in [7, 11) is 1.68. The molecular weight excluding hydrogens is 182 g/mol. The number of hydrogen-bond donors (Lipinski definition) is 2. The van der Waals surface area contributed by atoms with Crippen LogP contribution < -0.4 is 5.32 Å². The number of amides is 1. The van der Waals surface area contributed by atoms with Gasteiger partial charge in [0.05, 0.1) is 12.8 Å². The van der Waals surface area contributed by atoms with Crippen LogP contribution in [0.2, 0.25) is 0 Å². The van der Waals surface area contributed by atoms with Crippen LogP contribution in [0.4, 0.5) is 0 Å². The summed E-state index contributed by atoms with van der Waals surface area (Å²) in [6, 6.07) is 0.0731. The van der Waals surface area contributed by atoms with Gasteiger partial charge in [0.15, 0.2) is 0 Å². The number of aliphatic hydroxyl groups excluding tert-OH is 1. The molecule has 1 heterocycles. The molecule has 0 bridgehead atoms. The van der Waals surface area contributed by atoms with Gasteiger partial charge in [-0.3, -0.25) is 9.48 Å². The van der Waals surface area contributed by atoms with E-state index in [1.807, 2.05) is 13.8 Å². The van der Waals surface area contributed by atoms with Crippen molar-refractivity contribution in [2.75, 3.05) is 0 Å². The zero-order valence-electron chi connectivity index (χ0n) is 8.61. The molecule has 1 aromatic rings. The summed E-state index contributed by atoms with van der Waals surface area (Å²) in [4.78, 5) is 11.6. The van der Waals surface area contributed by atoms with E-state index in [9.17, 15) is 4.79 Å². The molecule has 1 aromatic heterocycles. The Kier molecular flexibility index (Phi) is 3.24. The minimum atomic E-state index is -0.205. The van der Waals surface area contributed by atoms with Crippen molar-refractivity contribution in [1.29, 1.82) is 0 Å². The first-order valence-electron chi connectivity index (χ1n) is 4.48. The van der Waals surface area contributed by atoms with Crippen molar-refractivity contribution in [2.45, 2.75) is 26.5 Å². The van der Waals surface area contributed by atoms with Crippen molar-refractivity contribution in [3.63, 3.8) is 0 Å². The molecule has 0 aliphatic heterocycles. The van der Waals surface area contributed by atoms with E-state index in [0.717, 1.165) is 0 Å². The number of carbonyl (C=O) groups excluding carboxylic acids is 1. The molecule has 0 fully saturated rings. The molecule has 0 aliphatic carbocycles. The highest BCUT2D eigenvalue weighted by atomic mass is 16.3. The molecule has 5 heteroatoms. The van der Waals surface area contributed by atoms with Gasteiger partial charge in [-0.25, -0.2) is 0 Å². The SMILES string of the molecule is CC(C)NC(=O)c1c(CO)cnn1C.